The normalized spacial score (nSPS) is 16.6. The molecule has 0 aliphatic heterocycles. The maximum Gasteiger partial charge on any atom is 4.00 e. The van der Waals surface area contributed by atoms with Gasteiger partial charge >= 0.3 is 26.2 Å². The van der Waals surface area contributed by atoms with Crippen LogP contribution >= 0.6 is 0 Å². The van der Waals surface area contributed by atoms with Gasteiger partial charge in [-0.3, -0.25) is 11.6 Å². The van der Waals surface area contributed by atoms with Crippen molar-refractivity contribution in [2.24, 2.45) is 0 Å². The minimum absolute atomic E-state index is 0. The SMILES string of the molecule is CC[C-]=C(CC)C[C-]=C(C)c1ccccc1.[CH]1[CH][CH][CH][CH]1.[CH]1[CH][CH][CH][CH]1.[Zr+4]. The Hall–Kier alpha value is -0.417. The van der Waals surface area contributed by atoms with Crippen LogP contribution in [0.5, 0.6) is 0 Å². The first kappa shape index (κ1) is 26.6. The fourth-order valence-electron chi connectivity index (χ4n) is 2.23. The fourth-order valence-corrected chi connectivity index (χ4v) is 2.23. The molecular formula is C26H30Zr+2. The molecule has 0 unspecified atom stereocenters. The molecule has 2 saturated carbocycles. The van der Waals surface area contributed by atoms with Crippen LogP contribution in [-0.4, -0.2) is 0 Å². The van der Waals surface area contributed by atoms with Crippen LogP contribution in [0.4, 0.5) is 0 Å². The van der Waals surface area contributed by atoms with Crippen LogP contribution in [0.3, 0.4) is 0 Å². The van der Waals surface area contributed by atoms with Crippen molar-refractivity contribution in [1.82, 2.24) is 0 Å². The fraction of sp³-hybridized carbons (Fsp3) is 0.231. The van der Waals surface area contributed by atoms with Gasteiger partial charge in [0.1, 0.15) is 0 Å². The van der Waals surface area contributed by atoms with Gasteiger partial charge in [0.15, 0.2) is 0 Å². The molecule has 0 atom stereocenters. The quantitative estimate of drug-likeness (QED) is 0.444. The number of rotatable bonds is 5. The Bertz CT molecular complexity index is 465. The van der Waals surface area contributed by atoms with Gasteiger partial charge in [-0.15, -0.1) is 18.6 Å². The van der Waals surface area contributed by atoms with Crippen LogP contribution in [-0.2, 0) is 26.2 Å². The van der Waals surface area contributed by atoms with Gasteiger partial charge in [-0.1, -0.05) is 45.4 Å². The third-order valence-electron chi connectivity index (χ3n) is 3.74. The van der Waals surface area contributed by atoms with Crippen molar-refractivity contribution < 1.29 is 26.2 Å². The zero-order valence-electron chi connectivity index (χ0n) is 16.8. The zero-order valence-corrected chi connectivity index (χ0v) is 19.2. The summed E-state index contributed by atoms with van der Waals surface area (Å²) in [6, 6.07) is 10.4. The van der Waals surface area contributed by atoms with Crippen molar-refractivity contribution >= 4 is 5.57 Å². The van der Waals surface area contributed by atoms with Gasteiger partial charge in [-0.25, -0.2) is 5.57 Å². The van der Waals surface area contributed by atoms with Gasteiger partial charge in [0.05, 0.1) is 0 Å². The van der Waals surface area contributed by atoms with E-state index >= 15 is 0 Å². The van der Waals surface area contributed by atoms with E-state index in [0.29, 0.717) is 0 Å². The number of allylic oxidation sites excluding steroid dienone is 4. The van der Waals surface area contributed by atoms with Crippen LogP contribution in [0.2, 0.25) is 0 Å². The predicted octanol–water partition coefficient (Wildman–Crippen LogP) is 6.87. The number of hydrogen-bond donors (Lipinski definition) is 0. The Balaban J connectivity index is 0.000000496. The van der Waals surface area contributed by atoms with Crippen LogP contribution in [0, 0.1) is 76.4 Å². The third kappa shape index (κ3) is 14.3. The summed E-state index contributed by atoms with van der Waals surface area (Å²) in [7, 11) is 0. The maximum absolute atomic E-state index is 3.45. The van der Waals surface area contributed by atoms with E-state index in [9.17, 15) is 0 Å². The van der Waals surface area contributed by atoms with Crippen LogP contribution in [0.1, 0.15) is 45.6 Å². The summed E-state index contributed by atoms with van der Waals surface area (Å²) >= 11 is 0. The molecule has 0 bridgehead atoms. The Morgan fingerprint density at radius 3 is 1.52 bits per heavy atom. The second-order valence-electron chi connectivity index (χ2n) is 5.76. The standard InChI is InChI=1S/C16H20.2C5H5.Zr/c1-4-9-15(5-2)13-12-14(3)16-10-7-6-8-11-16;2*1-2-4-5-3-1;/h6-8,10-11H,4-5,13H2,1-3H3;2*1-5H;/q-2;;;+4. The van der Waals surface area contributed by atoms with Gasteiger partial charge in [0.2, 0.25) is 0 Å². The molecule has 0 aromatic heterocycles. The molecular weight excluding hydrogens is 404 g/mol. The monoisotopic (exact) mass is 432 g/mol. The van der Waals surface area contributed by atoms with Crippen molar-refractivity contribution in [3.8, 4) is 0 Å². The average molecular weight is 434 g/mol. The number of hydrogen-bond acceptors (Lipinski definition) is 0. The summed E-state index contributed by atoms with van der Waals surface area (Å²) in [5, 5.41) is 0. The average Bonchev–Trinajstić information content (AvgIpc) is 3.44. The van der Waals surface area contributed by atoms with E-state index in [0.717, 1.165) is 19.3 Å². The largest absolute Gasteiger partial charge is 4.00 e. The van der Waals surface area contributed by atoms with Crippen LogP contribution in [0.25, 0.3) is 5.57 Å². The second kappa shape index (κ2) is 18.9. The van der Waals surface area contributed by atoms with E-state index in [-0.39, 0.29) is 26.2 Å². The molecule has 27 heavy (non-hydrogen) atoms. The van der Waals surface area contributed by atoms with Gasteiger partial charge in [-0.2, -0.15) is 12.0 Å². The van der Waals surface area contributed by atoms with Crippen molar-refractivity contribution in [3.63, 3.8) is 0 Å². The van der Waals surface area contributed by atoms with Crippen LogP contribution < -0.4 is 0 Å². The molecule has 0 nitrogen and oxygen atoms in total. The molecule has 2 aliphatic carbocycles. The molecule has 1 aromatic carbocycles. The molecule has 0 amide bonds. The summed E-state index contributed by atoms with van der Waals surface area (Å²) in [6.07, 6.45) is 29.8. The van der Waals surface area contributed by atoms with Gasteiger partial charge < -0.3 is 6.08 Å². The second-order valence-corrected chi connectivity index (χ2v) is 5.76. The van der Waals surface area contributed by atoms with E-state index in [4.69, 9.17) is 0 Å². The molecule has 1 heteroatoms. The zero-order chi connectivity index (χ0) is 18.9. The van der Waals surface area contributed by atoms with Gasteiger partial charge in [-0.05, 0) is 64.2 Å². The molecule has 0 N–H and O–H groups in total. The van der Waals surface area contributed by atoms with Gasteiger partial charge in [0, 0.05) is 0 Å². The minimum Gasteiger partial charge on any atom is -0.499 e. The Morgan fingerprint density at radius 1 is 0.704 bits per heavy atom. The first-order chi connectivity index (χ1) is 12.8. The molecule has 0 spiro atoms. The summed E-state index contributed by atoms with van der Waals surface area (Å²) in [6.45, 7) is 6.43. The summed E-state index contributed by atoms with van der Waals surface area (Å²) in [5.41, 5.74) is 3.84. The smallest absolute Gasteiger partial charge is 0.499 e. The summed E-state index contributed by atoms with van der Waals surface area (Å²) in [5.74, 6) is 0. The Labute approximate surface area is 189 Å². The van der Waals surface area contributed by atoms with E-state index in [1.54, 1.807) is 0 Å². The summed E-state index contributed by atoms with van der Waals surface area (Å²) in [4.78, 5) is 0. The predicted molar refractivity (Wildman–Crippen MR) is 114 cm³/mol. The summed E-state index contributed by atoms with van der Waals surface area (Å²) < 4.78 is 0. The molecule has 136 valence electrons. The van der Waals surface area contributed by atoms with E-state index in [1.807, 2.05) is 70.3 Å². The molecule has 0 heterocycles. The van der Waals surface area contributed by atoms with Crippen molar-refractivity contribution in [1.29, 1.82) is 0 Å². The Kier molecular flexibility index (Phi) is 18.6. The van der Waals surface area contributed by atoms with E-state index in [1.165, 1.54) is 16.7 Å². The molecule has 2 fully saturated rings. The van der Waals surface area contributed by atoms with Crippen molar-refractivity contribution in [2.75, 3.05) is 0 Å². The maximum atomic E-state index is 3.45. The molecule has 1 aromatic rings. The third-order valence-corrected chi connectivity index (χ3v) is 3.74. The molecule has 3 rings (SSSR count). The number of benzene rings is 1. The van der Waals surface area contributed by atoms with Crippen molar-refractivity contribution in [3.05, 3.63) is 118 Å². The van der Waals surface area contributed by atoms with Crippen molar-refractivity contribution in [2.45, 2.75) is 40.0 Å². The topological polar surface area (TPSA) is 0 Å². The molecule has 2 aliphatic rings. The molecule has 10 radical (unpaired) electrons. The van der Waals surface area contributed by atoms with E-state index < -0.39 is 0 Å². The minimum atomic E-state index is 0. The van der Waals surface area contributed by atoms with Crippen LogP contribution in [0.15, 0.2) is 35.9 Å². The molecule has 0 saturated heterocycles. The first-order valence-corrected chi connectivity index (χ1v) is 9.32. The first-order valence-electron chi connectivity index (χ1n) is 9.32. The van der Waals surface area contributed by atoms with Gasteiger partial charge in [0.25, 0.3) is 0 Å². The Morgan fingerprint density at radius 2 is 1.15 bits per heavy atom. The van der Waals surface area contributed by atoms with E-state index in [2.05, 4.69) is 57.2 Å².